The van der Waals surface area contributed by atoms with Gasteiger partial charge in [-0.1, -0.05) is 0 Å². The molecule has 0 radical (unpaired) electrons. The van der Waals surface area contributed by atoms with Crippen LogP contribution in [-0.4, -0.2) is 40.1 Å². The summed E-state index contributed by atoms with van der Waals surface area (Å²) in [6.07, 6.45) is 5.63. The normalized spacial score (nSPS) is 11.5. The highest BCUT2D eigenvalue weighted by atomic mass is 79.9. The molecule has 0 saturated carbocycles. The standard InChI is InChI=1S/C18H17BrN4O2/c1-23-10-11(8-21-23)14-7-12-15(9-20-14)22-13-3-4-16(18(19)17(12)13)25-6-5-24-2/h3-4,7-10,22H,5-6H2,1-2H3. The third-order valence-electron chi connectivity index (χ3n) is 4.09. The van der Waals surface area contributed by atoms with E-state index in [4.69, 9.17) is 9.47 Å². The molecule has 4 rings (SSSR count). The first-order chi connectivity index (χ1) is 12.2. The van der Waals surface area contributed by atoms with Crippen molar-refractivity contribution in [2.45, 2.75) is 0 Å². The summed E-state index contributed by atoms with van der Waals surface area (Å²) in [5.41, 5.74) is 3.89. The van der Waals surface area contributed by atoms with Crippen LogP contribution < -0.4 is 4.74 Å². The summed E-state index contributed by atoms with van der Waals surface area (Å²) in [6, 6.07) is 6.05. The van der Waals surface area contributed by atoms with Crippen molar-refractivity contribution in [3.05, 3.63) is 41.3 Å². The number of rotatable bonds is 5. The van der Waals surface area contributed by atoms with Gasteiger partial charge in [-0.3, -0.25) is 9.67 Å². The van der Waals surface area contributed by atoms with Crippen molar-refractivity contribution in [2.75, 3.05) is 20.3 Å². The number of methoxy groups -OCH3 is 1. The Balaban J connectivity index is 1.85. The lowest BCUT2D eigenvalue weighted by Crippen LogP contribution is -2.04. The lowest BCUT2D eigenvalue weighted by molar-refractivity contribution is 0.146. The van der Waals surface area contributed by atoms with E-state index >= 15 is 0 Å². The van der Waals surface area contributed by atoms with Crippen LogP contribution in [0.15, 0.2) is 41.3 Å². The summed E-state index contributed by atoms with van der Waals surface area (Å²) in [5, 5.41) is 6.40. The quantitative estimate of drug-likeness (QED) is 0.515. The van der Waals surface area contributed by atoms with E-state index in [1.807, 2.05) is 37.8 Å². The zero-order chi connectivity index (χ0) is 17.4. The first kappa shape index (κ1) is 16.1. The lowest BCUT2D eigenvalue weighted by Gasteiger charge is -2.08. The van der Waals surface area contributed by atoms with Gasteiger partial charge in [-0.25, -0.2) is 0 Å². The third-order valence-corrected chi connectivity index (χ3v) is 4.88. The molecule has 1 aromatic carbocycles. The van der Waals surface area contributed by atoms with Gasteiger partial charge in [0.05, 0.1) is 34.7 Å². The Hall–Kier alpha value is -2.38. The van der Waals surface area contributed by atoms with Gasteiger partial charge in [-0.05, 0) is 34.1 Å². The van der Waals surface area contributed by atoms with Gasteiger partial charge >= 0.3 is 0 Å². The number of aryl methyl sites for hydroxylation is 1. The third kappa shape index (κ3) is 2.89. The average Bonchev–Trinajstić information content (AvgIpc) is 3.20. The molecule has 0 unspecified atom stereocenters. The van der Waals surface area contributed by atoms with E-state index in [2.05, 4.69) is 37.1 Å². The van der Waals surface area contributed by atoms with Crippen molar-refractivity contribution >= 4 is 37.7 Å². The molecule has 3 aromatic heterocycles. The molecular formula is C18H17BrN4O2. The van der Waals surface area contributed by atoms with Gasteiger partial charge in [-0.15, -0.1) is 0 Å². The number of H-pyrrole nitrogens is 1. The number of benzene rings is 1. The molecule has 0 spiro atoms. The van der Waals surface area contributed by atoms with Crippen LogP contribution >= 0.6 is 15.9 Å². The van der Waals surface area contributed by atoms with E-state index in [-0.39, 0.29) is 0 Å². The van der Waals surface area contributed by atoms with Crippen LogP contribution in [0, 0.1) is 0 Å². The summed E-state index contributed by atoms with van der Waals surface area (Å²) in [6.45, 7) is 1.05. The number of aromatic nitrogens is 4. The molecule has 0 aliphatic carbocycles. The van der Waals surface area contributed by atoms with Gasteiger partial charge in [0.1, 0.15) is 12.4 Å². The van der Waals surface area contributed by atoms with E-state index in [0.29, 0.717) is 13.2 Å². The van der Waals surface area contributed by atoms with Crippen LogP contribution in [0.1, 0.15) is 0 Å². The molecule has 128 valence electrons. The highest BCUT2D eigenvalue weighted by molar-refractivity contribution is 9.10. The first-order valence-electron chi connectivity index (χ1n) is 7.88. The van der Waals surface area contributed by atoms with E-state index in [1.54, 1.807) is 11.8 Å². The molecule has 0 aliphatic rings. The Morgan fingerprint density at radius 1 is 1.20 bits per heavy atom. The monoisotopic (exact) mass is 400 g/mol. The highest BCUT2D eigenvalue weighted by Crippen LogP contribution is 2.38. The largest absolute Gasteiger partial charge is 0.490 e. The molecule has 0 bridgehead atoms. The van der Waals surface area contributed by atoms with Crippen molar-refractivity contribution in [1.82, 2.24) is 19.7 Å². The molecule has 0 amide bonds. The average molecular weight is 401 g/mol. The topological polar surface area (TPSA) is 65.0 Å². The van der Waals surface area contributed by atoms with Gasteiger partial charge in [0.25, 0.3) is 0 Å². The SMILES string of the molecule is COCCOc1ccc2[nH]c3cnc(-c4cnn(C)c4)cc3c2c1Br. The van der Waals surface area contributed by atoms with E-state index in [9.17, 15) is 0 Å². The Kier molecular flexibility index (Phi) is 4.19. The molecule has 0 fully saturated rings. The minimum absolute atomic E-state index is 0.505. The molecule has 3 heterocycles. The van der Waals surface area contributed by atoms with Crippen LogP contribution in [0.5, 0.6) is 5.75 Å². The van der Waals surface area contributed by atoms with Crippen LogP contribution in [-0.2, 0) is 11.8 Å². The lowest BCUT2D eigenvalue weighted by atomic mass is 10.1. The molecule has 0 saturated heterocycles. The van der Waals surface area contributed by atoms with Crippen LogP contribution in [0.4, 0.5) is 0 Å². The summed E-state index contributed by atoms with van der Waals surface area (Å²) in [7, 11) is 3.56. The number of fused-ring (bicyclic) bond motifs is 3. The van der Waals surface area contributed by atoms with Gasteiger partial charge in [0.15, 0.2) is 0 Å². The second-order valence-corrected chi connectivity index (χ2v) is 6.58. The Labute approximate surface area is 152 Å². The molecular weight excluding hydrogens is 384 g/mol. The zero-order valence-electron chi connectivity index (χ0n) is 13.9. The maximum Gasteiger partial charge on any atom is 0.134 e. The maximum absolute atomic E-state index is 5.81. The Morgan fingerprint density at radius 2 is 2.08 bits per heavy atom. The minimum Gasteiger partial charge on any atom is -0.490 e. The minimum atomic E-state index is 0.505. The van der Waals surface area contributed by atoms with Gasteiger partial charge in [-0.2, -0.15) is 5.10 Å². The molecule has 4 aromatic rings. The van der Waals surface area contributed by atoms with Crippen LogP contribution in [0.3, 0.4) is 0 Å². The van der Waals surface area contributed by atoms with Gasteiger partial charge in [0, 0.05) is 42.2 Å². The number of ether oxygens (including phenoxy) is 2. The molecule has 0 aliphatic heterocycles. The fourth-order valence-corrected chi connectivity index (χ4v) is 3.56. The van der Waals surface area contributed by atoms with Gasteiger partial charge in [0.2, 0.25) is 0 Å². The summed E-state index contributed by atoms with van der Waals surface area (Å²) in [5.74, 6) is 0.796. The van der Waals surface area contributed by atoms with E-state index < -0.39 is 0 Å². The van der Waals surface area contributed by atoms with E-state index in [0.717, 1.165) is 43.3 Å². The fraction of sp³-hybridized carbons (Fsp3) is 0.222. The fourth-order valence-electron chi connectivity index (χ4n) is 2.89. The molecule has 6 nitrogen and oxygen atoms in total. The summed E-state index contributed by atoms with van der Waals surface area (Å²) >= 11 is 3.70. The molecule has 25 heavy (non-hydrogen) atoms. The van der Waals surface area contributed by atoms with Crippen molar-refractivity contribution in [3.63, 3.8) is 0 Å². The van der Waals surface area contributed by atoms with Crippen LogP contribution in [0.25, 0.3) is 33.1 Å². The first-order valence-corrected chi connectivity index (χ1v) is 8.67. The van der Waals surface area contributed by atoms with Crippen molar-refractivity contribution in [3.8, 4) is 17.0 Å². The van der Waals surface area contributed by atoms with Crippen molar-refractivity contribution in [2.24, 2.45) is 7.05 Å². The number of nitrogens with one attached hydrogen (secondary N) is 1. The molecule has 7 heteroatoms. The second-order valence-electron chi connectivity index (χ2n) is 5.78. The summed E-state index contributed by atoms with van der Waals surface area (Å²) < 4.78 is 13.6. The van der Waals surface area contributed by atoms with Crippen molar-refractivity contribution in [1.29, 1.82) is 0 Å². The Morgan fingerprint density at radius 3 is 2.84 bits per heavy atom. The maximum atomic E-state index is 5.81. The number of aromatic amines is 1. The predicted molar refractivity (Wildman–Crippen MR) is 101 cm³/mol. The number of hydrogen-bond donors (Lipinski definition) is 1. The number of halogens is 1. The molecule has 0 atom stereocenters. The second kappa shape index (κ2) is 6.50. The highest BCUT2D eigenvalue weighted by Gasteiger charge is 2.14. The molecule has 1 N–H and O–H groups in total. The number of nitrogens with zero attached hydrogens (tertiary/aromatic N) is 3. The van der Waals surface area contributed by atoms with Gasteiger partial charge < -0.3 is 14.5 Å². The smallest absolute Gasteiger partial charge is 0.134 e. The predicted octanol–water partition coefficient (Wildman–Crippen LogP) is 3.90. The zero-order valence-corrected chi connectivity index (χ0v) is 15.5. The number of hydrogen-bond acceptors (Lipinski definition) is 4. The van der Waals surface area contributed by atoms with Crippen LogP contribution in [0.2, 0.25) is 0 Å². The number of pyridine rings is 1. The summed E-state index contributed by atoms with van der Waals surface area (Å²) in [4.78, 5) is 7.95. The van der Waals surface area contributed by atoms with Crippen molar-refractivity contribution < 1.29 is 9.47 Å². The Bertz CT molecular complexity index is 1050. The van der Waals surface area contributed by atoms with E-state index in [1.165, 1.54) is 0 Å².